The lowest BCUT2D eigenvalue weighted by Crippen LogP contribution is -1.91. The predicted octanol–water partition coefficient (Wildman–Crippen LogP) is 3.78. The van der Waals surface area contributed by atoms with Crippen LogP contribution < -0.4 is 0 Å². The van der Waals surface area contributed by atoms with E-state index in [4.69, 9.17) is 0 Å². The molecule has 0 aliphatic heterocycles. The molecule has 2 nitrogen and oxygen atoms in total. The highest BCUT2D eigenvalue weighted by molar-refractivity contribution is 5.01. The fourth-order valence-electron chi connectivity index (χ4n) is 0.515. The van der Waals surface area contributed by atoms with Gasteiger partial charge in [-0.3, -0.25) is 9.97 Å². The molecule has 0 aliphatic rings. The summed E-state index contributed by atoms with van der Waals surface area (Å²) < 4.78 is 23.6. The molecule has 0 amide bonds. The average Bonchev–Trinajstić information content (AvgIpc) is 2.24. The van der Waals surface area contributed by atoms with Gasteiger partial charge >= 0.3 is 0 Å². The Balaban J connectivity index is 0. The molecule has 0 spiro atoms. The molecule has 14 heavy (non-hydrogen) atoms. The smallest absolute Gasteiger partial charge is 0.258 e. The van der Waals surface area contributed by atoms with Gasteiger partial charge in [-0.25, -0.2) is 8.78 Å². The molecule has 0 N–H and O–H groups in total. The maximum atomic E-state index is 11.8. The number of hydrogen-bond donors (Lipinski definition) is 0. The van der Waals surface area contributed by atoms with Crippen molar-refractivity contribution in [3.63, 3.8) is 0 Å². The van der Waals surface area contributed by atoms with Crippen molar-refractivity contribution in [1.29, 1.82) is 0 Å². The fourth-order valence-corrected chi connectivity index (χ4v) is 0.515. The second-order valence-corrected chi connectivity index (χ2v) is 1.88. The maximum Gasteiger partial charge on any atom is 0.281 e. The lowest BCUT2D eigenvalue weighted by Gasteiger charge is -1.95. The Morgan fingerprint density at radius 3 is 1.79 bits per heavy atom. The van der Waals surface area contributed by atoms with Crippen molar-refractivity contribution < 1.29 is 8.78 Å². The monoisotopic (exact) mass is 204 g/mol. The third-order valence-electron chi connectivity index (χ3n) is 1.02. The van der Waals surface area contributed by atoms with Gasteiger partial charge < -0.3 is 0 Å². The van der Waals surface area contributed by atoms with E-state index in [0.717, 1.165) is 6.20 Å². The van der Waals surface area contributed by atoms with Crippen LogP contribution in [-0.2, 0) is 0 Å². The number of halogens is 2. The minimum absolute atomic E-state index is 0.273. The van der Waals surface area contributed by atoms with Gasteiger partial charge in [0.15, 0.2) is 0 Å². The zero-order chi connectivity index (χ0) is 11.6. The van der Waals surface area contributed by atoms with E-state index in [9.17, 15) is 8.78 Å². The predicted molar refractivity (Wildman–Crippen MR) is 54.4 cm³/mol. The zero-order valence-corrected chi connectivity index (χ0v) is 9.38. The van der Waals surface area contributed by atoms with Crippen LogP contribution in [0.3, 0.4) is 0 Å². The molecule has 0 saturated carbocycles. The van der Waals surface area contributed by atoms with Gasteiger partial charge in [0.2, 0.25) is 0 Å². The van der Waals surface area contributed by atoms with Crippen LogP contribution in [-0.4, -0.2) is 9.97 Å². The van der Waals surface area contributed by atoms with Gasteiger partial charge in [-0.15, -0.1) is 0 Å². The molecule has 0 radical (unpaired) electrons. The molecule has 1 aromatic heterocycles. The van der Waals surface area contributed by atoms with Crippen LogP contribution in [0.4, 0.5) is 8.78 Å². The summed E-state index contributed by atoms with van der Waals surface area (Å²) in [6.07, 6.45) is -0.116. The van der Waals surface area contributed by atoms with Crippen molar-refractivity contribution in [1.82, 2.24) is 9.97 Å². The number of rotatable bonds is 1. The number of aromatic nitrogens is 2. The Hall–Kier alpha value is -1.06. The van der Waals surface area contributed by atoms with Crippen molar-refractivity contribution in [3.05, 3.63) is 23.8 Å². The first-order valence-corrected chi connectivity index (χ1v) is 4.77. The van der Waals surface area contributed by atoms with Crippen molar-refractivity contribution in [2.24, 2.45) is 0 Å². The Bertz CT molecular complexity index is 210. The third-order valence-corrected chi connectivity index (χ3v) is 1.02. The van der Waals surface area contributed by atoms with Crippen molar-refractivity contribution >= 4 is 0 Å². The average molecular weight is 204 g/mol. The third kappa shape index (κ3) is 6.46. The minimum Gasteiger partial charge on any atom is -0.258 e. The van der Waals surface area contributed by atoms with Crippen LogP contribution >= 0.6 is 0 Å². The molecule has 1 rings (SSSR count). The summed E-state index contributed by atoms with van der Waals surface area (Å²) in [6.45, 7) is 9.70. The molecule has 0 aliphatic carbocycles. The normalized spacial score (nSPS) is 8.29. The molecular formula is C10H18F2N2. The molecule has 0 fully saturated rings. The van der Waals surface area contributed by atoms with Crippen LogP contribution in [0, 0.1) is 6.92 Å². The zero-order valence-electron chi connectivity index (χ0n) is 9.38. The van der Waals surface area contributed by atoms with Crippen molar-refractivity contribution in [2.75, 3.05) is 0 Å². The van der Waals surface area contributed by atoms with E-state index in [0.29, 0.717) is 5.69 Å². The van der Waals surface area contributed by atoms with Crippen LogP contribution in [0.15, 0.2) is 12.4 Å². The minimum atomic E-state index is -2.52. The molecular weight excluding hydrogens is 186 g/mol. The van der Waals surface area contributed by atoms with E-state index < -0.39 is 6.43 Å². The van der Waals surface area contributed by atoms with Crippen molar-refractivity contribution in [2.45, 2.75) is 41.0 Å². The number of aryl methyl sites for hydroxylation is 1. The maximum absolute atomic E-state index is 11.8. The Morgan fingerprint density at radius 1 is 1.00 bits per heavy atom. The molecule has 0 saturated heterocycles. The Morgan fingerprint density at radius 2 is 1.50 bits per heavy atom. The molecule has 0 aromatic carbocycles. The van der Waals surface area contributed by atoms with E-state index in [1.165, 1.54) is 6.20 Å². The first-order chi connectivity index (χ1) is 6.70. The number of hydrogen-bond acceptors (Lipinski definition) is 2. The second kappa shape index (κ2) is 10.0. The molecule has 4 heteroatoms. The highest BCUT2D eigenvalue weighted by Crippen LogP contribution is 2.13. The SMILES string of the molecule is CC.CC.Cc1cnc(C(F)F)cn1. The fraction of sp³-hybridized carbons (Fsp3) is 0.600. The second-order valence-electron chi connectivity index (χ2n) is 1.88. The van der Waals surface area contributed by atoms with E-state index in [-0.39, 0.29) is 5.69 Å². The molecule has 0 atom stereocenters. The topological polar surface area (TPSA) is 25.8 Å². The first kappa shape index (κ1) is 15.4. The van der Waals surface area contributed by atoms with Gasteiger partial charge in [0, 0.05) is 6.20 Å². The van der Waals surface area contributed by atoms with Gasteiger partial charge in [0.25, 0.3) is 6.43 Å². The molecule has 0 unspecified atom stereocenters. The van der Waals surface area contributed by atoms with Crippen LogP contribution in [0.25, 0.3) is 0 Å². The Kier molecular flexibility index (Phi) is 11.0. The van der Waals surface area contributed by atoms with E-state index >= 15 is 0 Å². The molecule has 0 bridgehead atoms. The molecule has 1 aromatic rings. The van der Waals surface area contributed by atoms with Crippen LogP contribution in [0.5, 0.6) is 0 Å². The Labute approximate surface area is 84.4 Å². The lowest BCUT2D eigenvalue weighted by molar-refractivity contribution is 0.145. The van der Waals surface area contributed by atoms with E-state index in [1.54, 1.807) is 6.92 Å². The van der Waals surface area contributed by atoms with Crippen LogP contribution in [0.1, 0.15) is 45.5 Å². The lowest BCUT2D eigenvalue weighted by atomic mass is 10.4. The first-order valence-electron chi connectivity index (χ1n) is 4.77. The largest absolute Gasteiger partial charge is 0.281 e. The summed E-state index contributed by atoms with van der Waals surface area (Å²) in [5, 5.41) is 0. The summed E-state index contributed by atoms with van der Waals surface area (Å²) in [7, 11) is 0. The quantitative estimate of drug-likeness (QED) is 0.695. The van der Waals surface area contributed by atoms with Crippen molar-refractivity contribution in [3.8, 4) is 0 Å². The van der Waals surface area contributed by atoms with Crippen LogP contribution in [0.2, 0.25) is 0 Å². The van der Waals surface area contributed by atoms with E-state index in [1.807, 2.05) is 27.7 Å². The van der Waals surface area contributed by atoms with E-state index in [2.05, 4.69) is 9.97 Å². The summed E-state index contributed by atoms with van der Waals surface area (Å²) in [5.41, 5.74) is 0.370. The van der Waals surface area contributed by atoms with Gasteiger partial charge in [-0.1, -0.05) is 27.7 Å². The van der Waals surface area contributed by atoms with Gasteiger partial charge in [-0.2, -0.15) is 0 Å². The van der Waals surface area contributed by atoms with Gasteiger partial charge in [-0.05, 0) is 6.92 Å². The highest BCUT2D eigenvalue weighted by atomic mass is 19.3. The standard InChI is InChI=1S/C6H6F2N2.2C2H6/c1-4-2-10-5(3-9-4)6(7)8;2*1-2/h2-3,6H,1H3;2*1-2H3. The van der Waals surface area contributed by atoms with Gasteiger partial charge in [0.1, 0.15) is 5.69 Å². The summed E-state index contributed by atoms with van der Waals surface area (Å²) in [4.78, 5) is 7.12. The number of nitrogens with zero attached hydrogens (tertiary/aromatic N) is 2. The summed E-state index contributed by atoms with van der Waals surface area (Å²) in [6, 6.07) is 0. The summed E-state index contributed by atoms with van der Waals surface area (Å²) in [5.74, 6) is 0. The summed E-state index contributed by atoms with van der Waals surface area (Å²) >= 11 is 0. The molecule has 1 heterocycles. The highest BCUT2D eigenvalue weighted by Gasteiger charge is 2.06. The van der Waals surface area contributed by atoms with Gasteiger partial charge in [0.05, 0.1) is 11.9 Å². The number of alkyl halides is 2. The molecule has 82 valence electrons.